The van der Waals surface area contributed by atoms with Crippen LogP contribution in [0.2, 0.25) is 0 Å². The van der Waals surface area contributed by atoms with E-state index in [2.05, 4.69) is 10.3 Å². The van der Waals surface area contributed by atoms with Gasteiger partial charge in [0.1, 0.15) is 0 Å². The molecule has 2 rings (SSSR count). The van der Waals surface area contributed by atoms with E-state index < -0.39 is 16.1 Å². The van der Waals surface area contributed by atoms with Crippen molar-refractivity contribution in [1.82, 2.24) is 24.2 Å². The lowest BCUT2D eigenvalue weighted by Crippen LogP contribution is -2.47. The maximum absolute atomic E-state index is 12.7. The number of aromatic nitrogens is 3. The zero-order valence-corrected chi connectivity index (χ0v) is 17.8. The Labute approximate surface area is 166 Å². The summed E-state index contributed by atoms with van der Waals surface area (Å²) >= 11 is 0. The molecule has 0 aliphatic carbocycles. The van der Waals surface area contributed by atoms with Crippen molar-refractivity contribution < 1.29 is 23.1 Å². The maximum atomic E-state index is 12.7. The van der Waals surface area contributed by atoms with Crippen LogP contribution in [0.15, 0.2) is 6.20 Å². The minimum Gasteiger partial charge on any atom is -0.394 e. The summed E-state index contributed by atoms with van der Waals surface area (Å²) in [4.78, 5) is 14.4. The van der Waals surface area contributed by atoms with Crippen molar-refractivity contribution in [3.63, 3.8) is 0 Å². The molecule has 1 aliphatic heterocycles. The van der Waals surface area contributed by atoms with Crippen LogP contribution in [-0.4, -0.2) is 88.8 Å². The molecule has 0 aromatic carbocycles. The van der Waals surface area contributed by atoms with Gasteiger partial charge in [-0.15, -0.1) is 5.10 Å². The fourth-order valence-corrected chi connectivity index (χ4v) is 3.55. The average Bonchev–Trinajstić information content (AvgIpc) is 3.07. The molecule has 0 saturated heterocycles. The predicted molar refractivity (Wildman–Crippen MR) is 103 cm³/mol. The van der Waals surface area contributed by atoms with Crippen molar-refractivity contribution in [3.05, 3.63) is 11.9 Å². The van der Waals surface area contributed by atoms with Crippen LogP contribution in [-0.2, 0) is 32.7 Å². The highest BCUT2D eigenvalue weighted by Crippen LogP contribution is 2.18. The van der Waals surface area contributed by atoms with E-state index in [9.17, 15) is 18.3 Å². The monoisotopic (exact) mass is 417 g/mol. The van der Waals surface area contributed by atoms with Crippen LogP contribution in [0.1, 0.15) is 32.4 Å². The molecule has 1 aromatic heterocycles. The van der Waals surface area contributed by atoms with Gasteiger partial charge in [-0.25, -0.2) is 17.4 Å². The van der Waals surface area contributed by atoms with Crippen molar-refractivity contribution in [1.29, 1.82) is 0 Å². The van der Waals surface area contributed by atoms with Crippen LogP contribution in [0.3, 0.4) is 0 Å². The van der Waals surface area contributed by atoms with Gasteiger partial charge in [0.05, 0.1) is 43.5 Å². The number of nitrogens with zero attached hydrogens (tertiary/aromatic N) is 5. The lowest BCUT2D eigenvalue weighted by Gasteiger charge is -2.35. The molecule has 0 spiro atoms. The second-order valence-corrected chi connectivity index (χ2v) is 9.59. The number of sulfonamides is 1. The third kappa shape index (κ3) is 5.97. The first-order valence-electron chi connectivity index (χ1n) is 9.44. The molecule has 1 N–H and O–H groups in total. The number of hydrogen-bond acceptors (Lipinski definition) is 7. The van der Waals surface area contributed by atoms with Gasteiger partial charge in [-0.1, -0.05) is 12.1 Å². The molecule has 160 valence electrons. The van der Waals surface area contributed by atoms with Gasteiger partial charge in [0.25, 0.3) is 0 Å². The highest BCUT2D eigenvalue weighted by Gasteiger charge is 2.29. The fourth-order valence-electron chi connectivity index (χ4n) is 3.13. The molecule has 0 saturated carbocycles. The molecule has 0 bridgehead atoms. The van der Waals surface area contributed by atoms with Crippen molar-refractivity contribution >= 4 is 15.9 Å². The van der Waals surface area contributed by atoms with Gasteiger partial charge < -0.3 is 14.7 Å². The number of amides is 1. The van der Waals surface area contributed by atoms with E-state index in [1.807, 2.05) is 6.92 Å². The Morgan fingerprint density at radius 1 is 1.46 bits per heavy atom. The van der Waals surface area contributed by atoms with Crippen molar-refractivity contribution in [2.24, 2.45) is 5.92 Å². The van der Waals surface area contributed by atoms with E-state index in [0.717, 1.165) is 11.9 Å². The zero-order chi connectivity index (χ0) is 20.9. The first-order chi connectivity index (χ1) is 13.1. The van der Waals surface area contributed by atoms with E-state index in [1.54, 1.807) is 22.7 Å². The van der Waals surface area contributed by atoms with E-state index in [1.165, 1.54) is 11.4 Å². The lowest BCUT2D eigenvalue weighted by molar-refractivity contribution is -0.136. The smallest absolute Gasteiger partial charge is 0.222 e. The van der Waals surface area contributed by atoms with Crippen LogP contribution < -0.4 is 0 Å². The number of carbonyl (C=O) groups is 1. The summed E-state index contributed by atoms with van der Waals surface area (Å²) in [6, 6.07) is -0.326. The molecule has 1 aliphatic rings. The minimum atomic E-state index is -3.37. The van der Waals surface area contributed by atoms with Crippen LogP contribution in [0, 0.1) is 5.92 Å². The van der Waals surface area contributed by atoms with Crippen LogP contribution in [0.4, 0.5) is 0 Å². The molecule has 2 heterocycles. The van der Waals surface area contributed by atoms with Gasteiger partial charge >= 0.3 is 0 Å². The Bertz CT molecular complexity index is 753. The number of carbonyl (C=O) groups excluding carboxylic acids is 1. The Balaban J connectivity index is 2.29. The number of likely N-dealkylation sites (N-methyl/N-ethyl adjacent to an activating group) is 1. The van der Waals surface area contributed by atoms with E-state index in [0.29, 0.717) is 25.9 Å². The number of aliphatic hydroxyl groups is 1. The van der Waals surface area contributed by atoms with Crippen LogP contribution in [0.5, 0.6) is 0 Å². The van der Waals surface area contributed by atoms with Gasteiger partial charge in [-0.05, 0) is 13.3 Å². The molecular formula is C17H31N5O5S. The van der Waals surface area contributed by atoms with Crippen LogP contribution >= 0.6 is 0 Å². The molecule has 1 aromatic rings. The molecular weight excluding hydrogens is 386 g/mol. The molecule has 10 nitrogen and oxygen atoms in total. The zero-order valence-electron chi connectivity index (χ0n) is 17.0. The lowest BCUT2D eigenvalue weighted by atomic mass is 10.0. The van der Waals surface area contributed by atoms with Gasteiger partial charge in [0, 0.05) is 39.0 Å². The summed E-state index contributed by atoms with van der Waals surface area (Å²) in [5, 5.41) is 17.5. The molecule has 28 heavy (non-hydrogen) atoms. The molecule has 3 atom stereocenters. The topological polar surface area (TPSA) is 118 Å². The third-order valence-electron chi connectivity index (χ3n) is 5.14. The van der Waals surface area contributed by atoms with Gasteiger partial charge in [0.2, 0.25) is 15.9 Å². The Kier molecular flexibility index (Phi) is 7.93. The number of aryl methyl sites for hydroxylation is 1. The quantitative estimate of drug-likeness (QED) is 0.698. The average molecular weight is 418 g/mol. The molecule has 0 unspecified atom stereocenters. The summed E-state index contributed by atoms with van der Waals surface area (Å²) < 4.78 is 32.8. The summed E-state index contributed by atoms with van der Waals surface area (Å²) in [6.45, 7) is 4.91. The Hall–Kier alpha value is -1.56. The van der Waals surface area contributed by atoms with Gasteiger partial charge in [-0.2, -0.15) is 0 Å². The Morgan fingerprint density at radius 2 is 2.18 bits per heavy atom. The van der Waals surface area contributed by atoms with E-state index in [4.69, 9.17) is 4.74 Å². The maximum Gasteiger partial charge on any atom is 0.222 e. The number of aliphatic hydroxyl groups excluding tert-OH is 1. The molecule has 0 fully saturated rings. The van der Waals surface area contributed by atoms with Gasteiger partial charge in [0.15, 0.2) is 0 Å². The van der Waals surface area contributed by atoms with Crippen molar-refractivity contribution in [3.8, 4) is 0 Å². The predicted octanol–water partition coefficient (Wildman–Crippen LogP) is -0.306. The summed E-state index contributed by atoms with van der Waals surface area (Å²) in [7, 11) is -1.86. The number of fused-ring (bicyclic) bond motifs is 1. The molecule has 1 amide bonds. The Morgan fingerprint density at radius 3 is 2.82 bits per heavy atom. The first-order valence-corrected chi connectivity index (χ1v) is 11.3. The standard InChI is InChI=1S/C17H31N5O5S/c1-13-9-21(14(2)11-23)17(24)6-5-7-22-15(8-18-19-22)12-27-16(13)10-20(3)28(4,25)26/h8,13-14,16,23H,5-7,9-12H2,1-4H3/t13-,14-,16+/m0/s1. The van der Waals surface area contributed by atoms with Crippen molar-refractivity contribution in [2.75, 3.05) is 33.0 Å². The fraction of sp³-hybridized carbons (Fsp3) is 0.824. The summed E-state index contributed by atoms with van der Waals surface area (Å²) in [5.41, 5.74) is 0.785. The summed E-state index contributed by atoms with van der Waals surface area (Å²) in [5.74, 6) is -0.197. The highest BCUT2D eigenvalue weighted by molar-refractivity contribution is 7.88. The van der Waals surface area contributed by atoms with Gasteiger partial charge in [-0.3, -0.25) is 4.79 Å². The van der Waals surface area contributed by atoms with E-state index >= 15 is 0 Å². The second kappa shape index (κ2) is 9.77. The number of rotatable bonds is 5. The molecule has 0 radical (unpaired) electrons. The van der Waals surface area contributed by atoms with Crippen LogP contribution in [0.25, 0.3) is 0 Å². The largest absolute Gasteiger partial charge is 0.394 e. The third-order valence-corrected chi connectivity index (χ3v) is 6.42. The summed E-state index contributed by atoms with van der Waals surface area (Å²) in [6.07, 6.45) is 3.28. The number of ether oxygens (including phenoxy) is 1. The SMILES string of the molecule is C[C@H]1CN([C@@H](C)CO)C(=O)CCCn2nncc2CO[C@@H]1CN(C)S(C)(=O)=O. The molecule has 11 heteroatoms. The normalized spacial score (nSPS) is 23.8. The second-order valence-electron chi connectivity index (χ2n) is 7.50. The highest BCUT2D eigenvalue weighted by atomic mass is 32.2. The minimum absolute atomic E-state index is 0.0501. The number of hydrogen-bond donors (Lipinski definition) is 1. The first kappa shape index (κ1) is 22.7. The van der Waals surface area contributed by atoms with Crippen molar-refractivity contribution in [2.45, 2.75) is 52.0 Å². The van der Waals surface area contributed by atoms with E-state index in [-0.39, 0.29) is 37.6 Å².